The van der Waals surface area contributed by atoms with Crippen molar-refractivity contribution >= 4 is 0 Å². The van der Waals surface area contributed by atoms with Crippen LogP contribution in [0.25, 0.3) is 0 Å². The third-order valence-electron chi connectivity index (χ3n) is 0.289. The lowest BCUT2D eigenvalue weighted by Gasteiger charge is -1.98. The zero-order valence-corrected chi connectivity index (χ0v) is 3.42. The Balaban J connectivity index is 2.63. The Bertz CT molecular complexity index is 30.0. The summed E-state index contributed by atoms with van der Waals surface area (Å²) in [5.74, 6) is 4.57. The Morgan fingerprint density at radius 2 is 2.00 bits per heavy atom. The Hall–Kier alpha value is -0.160. The fourth-order valence-corrected chi connectivity index (χ4v) is 0.111. The van der Waals surface area contributed by atoms with Crippen molar-refractivity contribution in [1.29, 1.82) is 0 Å². The quantitative estimate of drug-likeness (QED) is 0.274. The molecule has 0 rings (SSSR count). The zero-order valence-electron chi connectivity index (χ0n) is 3.42. The number of hydrogen-bond acceptors (Lipinski definition) is 4. The van der Waals surface area contributed by atoms with Gasteiger partial charge in [-0.05, 0) is 0 Å². The van der Waals surface area contributed by atoms with Gasteiger partial charge in [0.2, 0.25) is 0 Å². The van der Waals surface area contributed by atoms with Crippen LogP contribution in [0.2, 0.25) is 0 Å². The topological polar surface area (TPSA) is 87.3 Å². The minimum absolute atomic E-state index is 0.208. The van der Waals surface area contributed by atoms with Crippen LogP contribution in [0.15, 0.2) is 0 Å². The van der Waals surface area contributed by atoms with Crippen molar-refractivity contribution in [2.24, 2.45) is 17.4 Å². The van der Waals surface area contributed by atoms with Crippen LogP contribution in [0.1, 0.15) is 0 Å². The Labute approximate surface area is 36.2 Å². The molecular formula is C2H9N3O. The molecule has 0 fully saturated rings. The largest absolute Gasteiger partial charge is 0.314 e. The lowest BCUT2D eigenvalue weighted by atomic mass is 10.6. The molecule has 0 heterocycles. The van der Waals surface area contributed by atoms with Crippen LogP contribution in [0, 0.1) is 0 Å². The average Bonchev–Trinajstić information content (AvgIpc) is 1.35. The van der Waals surface area contributed by atoms with E-state index < -0.39 is 6.17 Å². The predicted octanol–water partition coefficient (Wildman–Crippen LogP) is -1.88. The molecule has 0 aliphatic rings. The molecule has 6 heavy (non-hydrogen) atoms. The minimum atomic E-state index is -0.449. The summed E-state index contributed by atoms with van der Waals surface area (Å²) in [5, 5.41) is 0. The molecule has 0 amide bonds. The van der Waals surface area contributed by atoms with E-state index in [0.29, 0.717) is 0 Å². The Kier molecular flexibility index (Phi) is 2.97. The molecular weight excluding hydrogens is 82.0 g/mol. The fourth-order valence-electron chi connectivity index (χ4n) is 0.111. The highest BCUT2D eigenvalue weighted by Crippen LogP contribution is 1.58. The molecule has 0 aliphatic carbocycles. The first-order chi connectivity index (χ1) is 2.77. The zero-order chi connectivity index (χ0) is 4.99. The van der Waals surface area contributed by atoms with Crippen molar-refractivity contribution in [1.82, 2.24) is 0 Å². The summed E-state index contributed by atoms with van der Waals surface area (Å²) in [5.41, 5.74) is 9.95. The molecule has 6 N–H and O–H groups in total. The van der Waals surface area contributed by atoms with Crippen LogP contribution >= 0.6 is 0 Å². The SMILES string of the molecule is NOCC(N)N. The van der Waals surface area contributed by atoms with E-state index >= 15 is 0 Å². The van der Waals surface area contributed by atoms with Crippen LogP contribution in [-0.2, 0) is 4.84 Å². The van der Waals surface area contributed by atoms with E-state index in [2.05, 4.69) is 10.7 Å². The van der Waals surface area contributed by atoms with E-state index in [1.807, 2.05) is 0 Å². The number of nitrogens with two attached hydrogens (primary N) is 3. The highest BCUT2D eigenvalue weighted by Gasteiger charge is 1.86. The van der Waals surface area contributed by atoms with E-state index in [4.69, 9.17) is 11.5 Å². The van der Waals surface area contributed by atoms with Crippen molar-refractivity contribution in [3.63, 3.8) is 0 Å². The molecule has 0 saturated heterocycles. The smallest absolute Gasteiger partial charge is 0.0959 e. The molecule has 0 spiro atoms. The molecule has 0 atom stereocenters. The van der Waals surface area contributed by atoms with E-state index in [-0.39, 0.29) is 6.61 Å². The maximum Gasteiger partial charge on any atom is 0.0959 e. The van der Waals surface area contributed by atoms with Gasteiger partial charge in [0.1, 0.15) is 0 Å². The van der Waals surface area contributed by atoms with Gasteiger partial charge in [-0.2, -0.15) is 0 Å². The summed E-state index contributed by atoms with van der Waals surface area (Å²) < 4.78 is 0. The second kappa shape index (κ2) is 3.05. The number of hydrogen-bond donors (Lipinski definition) is 3. The summed E-state index contributed by atoms with van der Waals surface area (Å²) in [4.78, 5) is 4.05. The van der Waals surface area contributed by atoms with Crippen molar-refractivity contribution in [3.05, 3.63) is 0 Å². The van der Waals surface area contributed by atoms with E-state index in [1.165, 1.54) is 0 Å². The molecule has 0 saturated carbocycles. The van der Waals surface area contributed by atoms with Gasteiger partial charge in [0.05, 0.1) is 12.8 Å². The summed E-state index contributed by atoms with van der Waals surface area (Å²) >= 11 is 0. The molecule has 4 heteroatoms. The third-order valence-corrected chi connectivity index (χ3v) is 0.289. The Morgan fingerprint density at radius 3 is 2.00 bits per heavy atom. The molecule has 0 aliphatic heterocycles. The van der Waals surface area contributed by atoms with Gasteiger partial charge in [0, 0.05) is 0 Å². The third kappa shape index (κ3) is 3.84. The summed E-state index contributed by atoms with van der Waals surface area (Å²) in [6.07, 6.45) is -0.449. The summed E-state index contributed by atoms with van der Waals surface area (Å²) in [6, 6.07) is 0. The standard InChI is InChI=1S/C2H9N3O/c3-2(4)1-6-5/h2H,1,3-5H2. The van der Waals surface area contributed by atoms with Gasteiger partial charge < -0.3 is 16.3 Å². The van der Waals surface area contributed by atoms with Gasteiger partial charge in [-0.25, -0.2) is 5.90 Å². The molecule has 0 aromatic carbocycles. The van der Waals surface area contributed by atoms with Crippen LogP contribution in [0.3, 0.4) is 0 Å². The summed E-state index contributed by atoms with van der Waals surface area (Å²) in [6.45, 7) is 0.208. The highest BCUT2D eigenvalue weighted by molar-refractivity contribution is 4.42. The van der Waals surface area contributed by atoms with Crippen LogP contribution in [0.5, 0.6) is 0 Å². The second-order valence-electron chi connectivity index (χ2n) is 0.997. The monoisotopic (exact) mass is 91.1 g/mol. The molecule has 0 aromatic heterocycles. The van der Waals surface area contributed by atoms with Crippen molar-refractivity contribution in [2.75, 3.05) is 6.61 Å². The molecule has 0 unspecified atom stereocenters. The highest BCUT2D eigenvalue weighted by atomic mass is 16.6. The molecule has 0 bridgehead atoms. The van der Waals surface area contributed by atoms with E-state index in [1.54, 1.807) is 0 Å². The van der Waals surface area contributed by atoms with Gasteiger partial charge in [-0.1, -0.05) is 0 Å². The first-order valence-electron chi connectivity index (χ1n) is 1.60. The van der Waals surface area contributed by atoms with Gasteiger partial charge in [-0.15, -0.1) is 0 Å². The molecule has 0 radical (unpaired) electrons. The first kappa shape index (κ1) is 5.84. The normalized spacial score (nSPS) is 10.0. The predicted molar refractivity (Wildman–Crippen MR) is 22.3 cm³/mol. The second-order valence-corrected chi connectivity index (χ2v) is 0.997. The van der Waals surface area contributed by atoms with Crippen molar-refractivity contribution in [3.8, 4) is 0 Å². The maximum absolute atomic E-state index is 4.98. The van der Waals surface area contributed by atoms with Crippen molar-refractivity contribution < 1.29 is 4.84 Å². The van der Waals surface area contributed by atoms with Crippen LogP contribution in [0.4, 0.5) is 0 Å². The molecule has 4 nitrogen and oxygen atoms in total. The van der Waals surface area contributed by atoms with Gasteiger partial charge >= 0.3 is 0 Å². The lowest BCUT2D eigenvalue weighted by molar-refractivity contribution is 0.125. The summed E-state index contributed by atoms with van der Waals surface area (Å²) in [7, 11) is 0. The first-order valence-corrected chi connectivity index (χ1v) is 1.60. The van der Waals surface area contributed by atoms with Gasteiger partial charge in [-0.3, -0.25) is 0 Å². The van der Waals surface area contributed by atoms with E-state index in [9.17, 15) is 0 Å². The van der Waals surface area contributed by atoms with Crippen molar-refractivity contribution in [2.45, 2.75) is 6.17 Å². The lowest BCUT2D eigenvalue weighted by Crippen LogP contribution is -2.36. The maximum atomic E-state index is 4.98. The van der Waals surface area contributed by atoms with Crippen LogP contribution < -0.4 is 17.4 Å². The molecule has 38 valence electrons. The fraction of sp³-hybridized carbons (Fsp3) is 1.00. The van der Waals surface area contributed by atoms with Gasteiger partial charge in [0.25, 0.3) is 0 Å². The molecule has 0 aromatic rings. The van der Waals surface area contributed by atoms with Crippen LogP contribution in [-0.4, -0.2) is 12.8 Å². The minimum Gasteiger partial charge on any atom is -0.314 e. The van der Waals surface area contributed by atoms with Gasteiger partial charge in [0.15, 0.2) is 0 Å². The average molecular weight is 91.1 g/mol. The number of rotatable bonds is 2. The Morgan fingerprint density at radius 1 is 1.50 bits per heavy atom. The van der Waals surface area contributed by atoms with E-state index in [0.717, 1.165) is 0 Å².